The Kier molecular flexibility index (Phi) is 5.16. The standard InChI is InChI=1S/C20H20ClFN2O3S/c21-15-5-3-6-16(10-15)24-19-13-28(26,27)12-18(19)23(11-20(24)25)9-8-14-4-1-2-7-17(14)22/h1-7,10,18-19H,8-9,11-13H2/t18-,19+/m0/s1. The maximum atomic E-state index is 13.9. The zero-order valence-electron chi connectivity index (χ0n) is 15.1. The van der Waals surface area contributed by atoms with Crippen LogP contribution in [0.4, 0.5) is 10.1 Å². The van der Waals surface area contributed by atoms with Gasteiger partial charge < -0.3 is 4.90 Å². The first kappa shape index (κ1) is 19.4. The van der Waals surface area contributed by atoms with Crippen LogP contribution in [0.3, 0.4) is 0 Å². The van der Waals surface area contributed by atoms with Gasteiger partial charge in [0.2, 0.25) is 5.91 Å². The summed E-state index contributed by atoms with van der Waals surface area (Å²) in [5, 5.41) is 0.490. The largest absolute Gasteiger partial charge is 0.306 e. The van der Waals surface area contributed by atoms with Crippen molar-refractivity contribution in [3.8, 4) is 0 Å². The quantitative estimate of drug-likeness (QED) is 0.759. The van der Waals surface area contributed by atoms with E-state index in [-0.39, 0.29) is 35.8 Å². The van der Waals surface area contributed by atoms with Gasteiger partial charge in [0.15, 0.2) is 9.84 Å². The van der Waals surface area contributed by atoms with Crippen molar-refractivity contribution in [2.45, 2.75) is 18.5 Å². The molecule has 4 rings (SSSR count). The molecule has 5 nitrogen and oxygen atoms in total. The van der Waals surface area contributed by atoms with Crippen LogP contribution in [0.2, 0.25) is 5.02 Å². The van der Waals surface area contributed by atoms with Crippen LogP contribution >= 0.6 is 11.6 Å². The summed E-state index contributed by atoms with van der Waals surface area (Å²) >= 11 is 6.07. The van der Waals surface area contributed by atoms with Crippen molar-refractivity contribution < 1.29 is 17.6 Å². The van der Waals surface area contributed by atoms with Gasteiger partial charge in [-0.15, -0.1) is 0 Å². The fraction of sp³-hybridized carbons (Fsp3) is 0.350. The van der Waals surface area contributed by atoms with E-state index < -0.39 is 15.9 Å². The first-order valence-electron chi connectivity index (χ1n) is 9.09. The van der Waals surface area contributed by atoms with Gasteiger partial charge in [-0.1, -0.05) is 35.9 Å². The number of hydrogen-bond donors (Lipinski definition) is 0. The van der Waals surface area contributed by atoms with Gasteiger partial charge in [-0.25, -0.2) is 12.8 Å². The maximum absolute atomic E-state index is 13.9. The Balaban J connectivity index is 1.60. The van der Waals surface area contributed by atoms with Crippen LogP contribution < -0.4 is 4.90 Å². The highest BCUT2D eigenvalue weighted by molar-refractivity contribution is 7.91. The second kappa shape index (κ2) is 7.46. The van der Waals surface area contributed by atoms with Crippen molar-refractivity contribution in [2.75, 3.05) is 29.5 Å². The Morgan fingerprint density at radius 2 is 1.82 bits per heavy atom. The normalized spacial score (nSPS) is 24.4. The van der Waals surface area contributed by atoms with Crippen LogP contribution in [0.1, 0.15) is 5.56 Å². The summed E-state index contributed by atoms with van der Waals surface area (Å²) in [6.07, 6.45) is 0.417. The number of anilines is 1. The number of benzene rings is 2. The molecule has 8 heteroatoms. The molecule has 1 amide bonds. The fourth-order valence-electron chi connectivity index (χ4n) is 4.13. The number of piperazine rings is 1. The monoisotopic (exact) mass is 422 g/mol. The molecule has 0 saturated carbocycles. The zero-order valence-corrected chi connectivity index (χ0v) is 16.7. The van der Waals surface area contributed by atoms with Gasteiger partial charge in [-0.3, -0.25) is 9.69 Å². The molecule has 0 radical (unpaired) electrons. The molecule has 0 aliphatic carbocycles. The van der Waals surface area contributed by atoms with E-state index in [1.165, 1.54) is 6.07 Å². The number of sulfone groups is 1. The first-order valence-corrected chi connectivity index (χ1v) is 11.3. The summed E-state index contributed by atoms with van der Waals surface area (Å²) in [6.45, 7) is 0.518. The second-order valence-corrected chi connectivity index (χ2v) is 9.86. The predicted molar refractivity (Wildman–Crippen MR) is 107 cm³/mol. The van der Waals surface area contributed by atoms with Crippen molar-refractivity contribution in [2.24, 2.45) is 0 Å². The number of carbonyl (C=O) groups excluding carboxylic acids is 1. The summed E-state index contributed by atoms with van der Waals surface area (Å²) in [5.41, 5.74) is 1.17. The summed E-state index contributed by atoms with van der Waals surface area (Å²) < 4.78 is 38.7. The predicted octanol–water partition coefficient (Wildman–Crippen LogP) is 2.54. The Morgan fingerprint density at radius 1 is 1.07 bits per heavy atom. The van der Waals surface area contributed by atoms with Crippen molar-refractivity contribution in [3.05, 3.63) is 64.9 Å². The molecule has 28 heavy (non-hydrogen) atoms. The van der Waals surface area contributed by atoms with E-state index in [0.29, 0.717) is 29.2 Å². The van der Waals surface area contributed by atoms with E-state index in [4.69, 9.17) is 11.6 Å². The molecular formula is C20H20ClFN2O3S. The molecule has 2 heterocycles. The highest BCUT2D eigenvalue weighted by atomic mass is 35.5. The lowest BCUT2D eigenvalue weighted by atomic mass is 10.0. The van der Waals surface area contributed by atoms with Crippen LogP contribution in [0, 0.1) is 5.82 Å². The second-order valence-electron chi connectivity index (χ2n) is 7.27. The van der Waals surface area contributed by atoms with E-state index >= 15 is 0 Å². The van der Waals surface area contributed by atoms with Gasteiger partial charge >= 0.3 is 0 Å². The zero-order chi connectivity index (χ0) is 19.9. The van der Waals surface area contributed by atoms with Gasteiger partial charge in [-0.2, -0.15) is 0 Å². The summed E-state index contributed by atoms with van der Waals surface area (Å²) in [7, 11) is -3.27. The molecule has 0 aromatic heterocycles. The van der Waals surface area contributed by atoms with E-state index in [9.17, 15) is 17.6 Å². The number of hydrogen-bond acceptors (Lipinski definition) is 4. The number of carbonyl (C=O) groups is 1. The van der Waals surface area contributed by atoms with Gasteiger partial charge in [0.25, 0.3) is 0 Å². The lowest BCUT2D eigenvalue weighted by molar-refractivity contribution is -0.123. The minimum absolute atomic E-state index is 0.000710. The fourth-order valence-corrected chi connectivity index (χ4v) is 6.30. The van der Waals surface area contributed by atoms with Gasteiger partial charge in [-0.05, 0) is 36.2 Å². The lowest BCUT2D eigenvalue weighted by Crippen LogP contribution is -2.62. The molecule has 0 unspecified atom stereocenters. The SMILES string of the molecule is O=C1CN(CCc2ccccc2F)[C@H]2CS(=O)(=O)C[C@H]2N1c1cccc(Cl)c1. The Labute approximate surface area is 168 Å². The average Bonchev–Trinajstić information content (AvgIpc) is 2.95. The van der Waals surface area contributed by atoms with Crippen LogP contribution in [0.5, 0.6) is 0 Å². The lowest BCUT2D eigenvalue weighted by Gasteiger charge is -2.43. The van der Waals surface area contributed by atoms with Crippen LogP contribution in [0.15, 0.2) is 48.5 Å². The maximum Gasteiger partial charge on any atom is 0.241 e. The average molecular weight is 423 g/mol. The summed E-state index contributed by atoms with van der Waals surface area (Å²) in [4.78, 5) is 16.4. The molecule has 2 aromatic rings. The van der Waals surface area contributed by atoms with Gasteiger partial charge in [0.05, 0.1) is 24.1 Å². The van der Waals surface area contributed by atoms with Gasteiger partial charge in [0, 0.05) is 23.3 Å². The van der Waals surface area contributed by atoms with E-state index in [2.05, 4.69) is 0 Å². The van der Waals surface area contributed by atoms with Crippen molar-refractivity contribution in [1.29, 1.82) is 0 Å². The minimum Gasteiger partial charge on any atom is -0.306 e. The molecule has 2 saturated heterocycles. The van der Waals surface area contributed by atoms with Crippen LogP contribution in [0.25, 0.3) is 0 Å². The topological polar surface area (TPSA) is 57.7 Å². The molecule has 0 bridgehead atoms. The van der Waals surface area contributed by atoms with Gasteiger partial charge in [0.1, 0.15) is 5.82 Å². The molecule has 2 aromatic carbocycles. The van der Waals surface area contributed by atoms with Crippen molar-refractivity contribution in [3.63, 3.8) is 0 Å². The smallest absolute Gasteiger partial charge is 0.241 e. The molecule has 2 aliphatic heterocycles. The van der Waals surface area contributed by atoms with Crippen LogP contribution in [-0.4, -0.2) is 55.9 Å². The molecule has 0 spiro atoms. The van der Waals surface area contributed by atoms with Crippen LogP contribution in [-0.2, 0) is 21.1 Å². The number of fused-ring (bicyclic) bond motifs is 1. The highest BCUT2D eigenvalue weighted by Crippen LogP contribution is 2.32. The highest BCUT2D eigenvalue weighted by Gasteiger charge is 2.49. The Hall–Kier alpha value is -1.96. The number of halogens is 2. The van der Waals surface area contributed by atoms with E-state index in [0.717, 1.165) is 0 Å². The molecule has 2 atom stereocenters. The molecule has 148 valence electrons. The molecule has 2 fully saturated rings. The molecule has 0 N–H and O–H groups in total. The van der Waals surface area contributed by atoms with E-state index in [1.54, 1.807) is 47.4 Å². The molecule has 2 aliphatic rings. The molecular weight excluding hydrogens is 403 g/mol. The Bertz CT molecular complexity index is 1010. The summed E-state index contributed by atoms with van der Waals surface area (Å²) in [6, 6.07) is 12.6. The number of rotatable bonds is 4. The van der Waals surface area contributed by atoms with E-state index in [1.807, 2.05) is 4.90 Å². The summed E-state index contributed by atoms with van der Waals surface area (Å²) in [5.74, 6) is -0.540. The third kappa shape index (κ3) is 3.79. The number of amides is 1. The third-order valence-electron chi connectivity index (χ3n) is 5.41. The van der Waals surface area contributed by atoms with Crippen molar-refractivity contribution >= 4 is 33.0 Å². The first-order chi connectivity index (χ1) is 13.3. The van der Waals surface area contributed by atoms with Crippen molar-refractivity contribution in [1.82, 2.24) is 4.90 Å². The third-order valence-corrected chi connectivity index (χ3v) is 7.35. The Morgan fingerprint density at radius 3 is 2.57 bits per heavy atom. The number of nitrogens with zero attached hydrogens (tertiary/aromatic N) is 2. The minimum atomic E-state index is -3.27.